The Hall–Kier alpha value is -4.43. The molecule has 38 heavy (non-hydrogen) atoms. The van der Waals surface area contributed by atoms with Gasteiger partial charge in [0.25, 0.3) is 11.8 Å². The van der Waals surface area contributed by atoms with Crippen LogP contribution in [-0.4, -0.2) is 28.7 Å². The topological polar surface area (TPSA) is 103 Å². The molecule has 0 aliphatic carbocycles. The van der Waals surface area contributed by atoms with Crippen LogP contribution < -0.4 is 14.9 Å². The second-order valence-electron chi connectivity index (χ2n) is 9.28. The van der Waals surface area contributed by atoms with Crippen molar-refractivity contribution in [2.24, 2.45) is 0 Å². The minimum Gasteiger partial charge on any atom is -0.460 e. The Labute approximate surface area is 222 Å². The predicted octanol–water partition coefficient (Wildman–Crippen LogP) is 6.08. The molecule has 2 heterocycles. The first kappa shape index (κ1) is 25.2. The highest BCUT2D eigenvalue weighted by Gasteiger charge is 2.37. The van der Waals surface area contributed by atoms with Gasteiger partial charge in [-0.3, -0.25) is 19.3 Å². The van der Waals surface area contributed by atoms with Crippen LogP contribution in [0.15, 0.2) is 64.0 Å². The van der Waals surface area contributed by atoms with Crippen LogP contribution in [0, 0.1) is 13.8 Å². The van der Waals surface area contributed by atoms with Crippen molar-refractivity contribution < 1.29 is 28.3 Å². The molecule has 1 aliphatic rings. The predicted molar refractivity (Wildman–Crippen MR) is 141 cm³/mol. The summed E-state index contributed by atoms with van der Waals surface area (Å²) in [5.41, 5.74) is 1.93. The van der Waals surface area contributed by atoms with Crippen molar-refractivity contribution in [3.63, 3.8) is 0 Å². The van der Waals surface area contributed by atoms with E-state index in [1.165, 1.54) is 42.7 Å². The molecule has 0 saturated heterocycles. The fourth-order valence-electron chi connectivity index (χ4n) is 4.34. The van der Waals surface area contributed by atoms with Gasteiger partial charge in [-0.1, -0.05) is 11.6 Å². The number of hydrogen-bond donors (Lipinski definition) is 0. The number of imide groups is 1. The van der Waals surface area contributed by atoms with Crippen LogP contribution >= 0.6 is 11.6 Å². The molecule has 3 aromatic carbocycles. The second-order valence-corrected chi connectivity index (χ2v) is 9.66. The van der Waals surface area contributed by atoms with Gasteiger partial charge in [0.15, 0.2) is 0 Å². The lowest BCUT2D eigenvalue weighted by atomic mass is 10.1. The van der Waals surface area contributed by atoms with Crippen LogP contribution in [0.2, 0.25) is 5.02 Å². The second kappa shape index (κ2) is 9.46. The highest BCUT2D eigenvalue weighted by atomic mass is 35.5. The van der Waals surface area contributed by atoms with Gasteiger partial charge >= 0.3 is 5.97 Å². The molecule has 8 nitrogen and oxygen atoms in total. The van der Waals surface area contributed by atoms with E-state index in [0.29, 0.717) is 10.8 Å². The van der Waals surface area contributed by atoms with E-state index in [2.05, 4.69) is 0 Å². The molecule has 0 atom stereocenters. The summed E-state index contributed by atoms with van der Waals surface area (Å²) in [7, 11) is 0. The number of nitrogens with zero attached hydrogens (tertiary/aromatic N) is 1. The number of carbonyl (C=O) groups excluding carboxylic acids is 3. The van der Waals surface area contributed by atoms with Crippen molar-refractivity contribution in [3.8, 4) is 17.2 Å². The molecule has 5 rings (SSSR count). The molecule has 0 N–H and O–H groups in total. The first-order valence-electron chi connectivity index (χ1n) is 11.8. The molecule has 192 valence electrons. The fourth-order valence-corrected chi connectivity index (χ4v) is 4.45. The number of carbonyl (C=O) groups is 3. The molecular formula is C29H22ClNO7. The zero-order chi connectivity index (χ0) is 27.3. The third-order valence-corrected chi connectivity index (χ3v) is 6.83. The average molecular weight is 532 g/mol. The van der Waals surface area contributed by atoms with Crippen LogP contribution in [0.5, 0.6) is 17.2 Å². The molecule has 1 aromatic heterocycles. The monoisotopic (exact) mass is 531 g/mol. The zero-order valence-electron chi connectivity index (χ0n) is 21.0. The Bertz CT molecular complexity index is 1700. The average Bonchev–Trinajstić information content (AvgIpc) is 3.13. The van der Waals surface area contributed by atoms with E-state index in [4.69, 9.17) is 25.5 Å². The Morgan fingerprint density at radius 1 is 0.895 bits per heavy atom. The molecule has 9 heteroatoms. The van der Waals surface area contributed by atoms with Gasteiger partial charge < -0.3 is 13.9 Å². The molecule has 0 saturated carbocycles. The number of halogens is 1. The minimum absolute atomic E-state index is 0.00355. The molecule has 2 amide bonds. The third-order valence-electron chi connectivity index (χ3n) is 6.23. The van der Waals surface area contributed by atoms with Gasteiger partial charge in [0.2, 0.25) is 11.2 Å². The molecule has 0 bridgehead atoms. The van der Waals surface area contributed by atoms with Crippen LogP contribution in [-0.2, 0) is 0 Å². The summed E-state index contributed by atoms with van der Waals surface area (Å²) in [5, 5.41) is 0.864. The molecule has 0 spiro atoms. The SMILES string of the molecule is Cc1cc(Oc2coc3cc(OC(=O)c4ccc5c(c4)C(=O)N(C(C)C)C5=O)ccc3c2=O)cc(C)c1Cl. The number of esters is 1. The fraction of sp³-hybridized carbons (Fsp3) is 0.172. The summed E-state index contributed by atoms with van der Waals surface area (Å²) in [6.07, 6.45) is 1.19. The quantitative estimate of drug-likeness (QED) is 0.175. The third kappa shape index (κ3) is 4.33. The van der Waals surface area contributed by atoms with Crippen molar-refractivity contribution in [1.29, 1.82) is 0 Å². The van der Waals surface area contributed by atoms with Gasteiger partial charge in [0.05, 0.1) is 22.1 Å². The summed E-state index contributed by atoms with van der Waals surface area (Å²) in [6, 6.07) is 11.7. The molecule has 0 radical (unpaired) electrons. The Morgan fingerprint density at radius 2 is 1.58 bits per heavy atom. The summed E-state index contributed by atoms with van der Waals surface area (Å²) in [4.78, 5) is 52.1. The maximum Gasteiger partial charge on any atom is 0.343 e. The number of amides is 2. The van der Waals surface area contributed by atoms with E-state index in [-0.39, 0.29) is 45.2 Å². The van der Waals surface area contributed by atoms with E-state index in [9.17, 15) is 19.2 Å². The van der Waals surface area contributed by atoms with Gasteiger partial charge in [-0.15, -0.1) is 0 Å². The van der Waals surface area contributed by atoms with E-state index in [1.54, 1.807) is 26.0 Å². The van der Waals surface area contributed by atoms with Crippen molar-refractivity contribution >= 4 is 40.4 Å². The van der Waals surface area contributed by atoms with Gasteiger partial charge in [-0.2, -0.15) is 0 Å². The minimum atomic E-state index is -0.730. The van der Waals surface area contributed by atoms with Crippen LogP contribution in [0.1, 0.15) is 56.0 Å². The lowest BCUT2D eigenvalue weighted by Crippen LogP contribution is -2.35. The normalized spacial score (nSPS) is 12.8. The largest absolute Gasteiger partial charge is 0.460 e. The molecule has 4 aromatic rings. The summed E-state index contributed by atoms with van der Waals surface area (Å²) >= 11 is 6.20. The smallest absolute Gasteiger partial charge is 0.343 e. The lowest BCUT2D eigenvalue weighted by Gasteiger charge is -2.17. The van der Waals surface area contributed by atoms with Crippen LogP contribution in [0.25, 0.3) is 11.0 Å². The number of aryl methyl sites for hydroxylation is 2. The first-order valence-corrected chi connectivity index (χ1v) is 12.2. The van der Waals surface area contributed by atoms with Gasteiger partial charge in [-0.25, -0.2) is 4.79 Å². The van der Waals surface area contributed by atoms with E-state index >= 15 is 0 Å². The molecule has 0 fully saturated rings. The lowest BCUT2D eigenvalue weighted by molar-refractivity contribution is 0.0608. The Kier molecular flexibility index (Phi) is 6.28. The van der Waals surface area contributed by atoms with Crippen LogP contribution in [0.3, 0.4) is 0 Å². The van der Waals surface area contributed by atoms with Crippen molar-refractivity contribution in [2.45, 2.75) is 33.7 Å². The molecule has 1 aliphatic heterocycles. The number of benzene rings is 3. The zero-order valence-corrected chi connectivity index (χ0v) is 21.7. The maximum atomic E-state index is 13.0. The highest BCUT2D eigenvalue weighted by molar-refractivity contribution is 6.32. The first-order chi connectivity index (χ1) is 18.0. The number of ether oxygens (including phenoxy) is 2. The number of fused-ring (bicyclic) bond motifs is 2. The van der Waals surface area contributed by atoms with E-state index < -0.39 is 23.2 Å². The van der Waals surface area contributed by atoms with Crippen molar-refractivity contribution in [1.82, 2.24) is 4.90 Å². The standard InChI is InChI=1S/C29H22ClNO7/c1-14(2)31-27(33)20-7-5-17(11-22(20)28(31)34)29(35)38-18-6-8-21-23(12-18)36-13-24(26(21)32)37-19-9-15(3)25(30)16(4)10-19/h5-14H,1-4H3. The summed E-state index contributed by atoms with van der Waals surface area (Å²) < 4.78 is 16.8. The number of rotatable bonds is 5. The van der Waals surface area contributed by atoms with Gasteiger partial charge in [-0.05, 0) is 81.3 Å². The molecular weight excluding hydrogens is 510 g/mol. The summed E-state index contributed by atoms with van der Waals surface area (Å²) in [6.45, 7) is 7.16. The maximum absolute atomic E-state index is 13.0. The summed E-state index contributed by atoms with van der Waals surface area (Å²) in [5.74, 6) is -0.997. The van der Waals surface area contributed by atoms with E-state index in [1.807, 2.05) is 13.8 Å². The Morgan fingerprint density at radius 3 is 2.26 bits per heavy atom. The van der Waals surface area contributed by atoms with Crippen molar-refractivity contribution in [2.75, 3.05) is 0 Å². The van der Waals surface area contributed by atoms with Crippen LogP contribution in [0.4, 0.5) is 0 Å². The van der Waals surface area contributed by atoms with Crippen molar-refractivity contribution in [3.05, 3.63) is 97.9 Å². The van der Waals surface area contributed by atoms with Gasteiger partial charge in [0.1, 0.15) is 23.3 Å². The molecule has 0 unspecified atom stereocenters. The highest BCUT2D eigenvalue weighted by Crippen LogP contribution is 2.30. The Balaban J connectivity index is 1.38. The van der Waals surface area contributed by atoms with E-state index in [0.717, 1.165) is 16.0 Å². The van der Waals surface area contributed by atoms with Gasteiger partial charge in [0, 0.05) is 17.1 Å². The number of hydrogen-bond acceptors (Lipinski definition) is 7.